The normalized spacial score (nSPS) is 14.0. The van der Waals surface area contributed by atoms with Crippen LogP contribution in [-0.2, 0) is 14.8 Å². The maximum Gasteiger partial charge on any atom is 0.241 e. The Morgan fingerprint density at radius 3 is 2.23 bits per heavy atom. The number of hydrogen-bond acceptors (Lipinski definition) is 3. The first-order valence-electron chi connectivity index (χ1n) is 8.34. The molecule has 0 saturated heterocycles. The molecule has 2 atom stereocenters. The summed E-state index contributed by atoms with van der Waals surface area (Å²) < 4.78 is 27.3. The molecule has 0 aromatic heterocycles. The fourth-order valence-electron chi connectivity index (χ4n) is 2.56. The van der Waals surface area contributed by atoms with Crippen molar-refractivity contribution in [2.75, 3.05) is 0 Å². The topological polar surface area (TPSA) is 75.3 Å². The summed E-state index contributed by atoms with van der Waals surface area (Å²) in [4.78, 5) is 12.6. The summed E-state index contributed by atoms with van der Waals surface area (Å²) in [5.41, 5.74) is 0.973. The third-order valence-electron chi connectivity index (χ3n) is 3.95. The minimum Gasteiger partial charge on any atom is -0.348 e. The van der Waals surface area contributed by atoms with Gasteiger partial charge in [0.15, 0.2) is 0 Å². The van der Waals surface area contributed by atoms with Crippen molar-refractivity contribution in [3.63, 3.8) is 0 Å². The van der Waals surface area contributed by atoms with Crippen molar-refractivity contribution in [2.24, 2.45) is 5.92 Å². The molecule has 0 spiro atoms. The highest BCUT2D eigenvalue weighted by atomic mass is 35.5. The minimum absolute atomic E-state index is 0.0214. The van der Waals surface area contributed by atoms with Crippen molar-refractivity contribution >= 4 is 27.5 Å². The van der Waals surface area contributed by atoms with Gasteiger partial charge in [-0.2, -0.15) is 4.72 Å². The van der Waals surface area contributed by atoms with Crippen LogP contribution in [0.1, 0.15) is 32.4 Å². The predicted molar refractivity (Wildman–Crippen MR) is 103 cm³/mol. The fourth-order valence-corrected chi connectivity index (χ4v) is 4.07. The minimum atomic E-state index is -3.84. The molecule has 0 radical (unpaired) electrons. The fraction of sp³-hybridized carbons (Fsp3) is 0.316. The third kappa shape index (κ3) is 5.30. The van der Waals surface area contributed by atoms with E-state index in [1.165, 1.54) is 19.1 Å². The first kappa shape index (κ1) is 20.4. The van der Waals surface area contributed by atoms with Crippen molar-refractivity contribution in [3.05, 3.63) is 65.2 Å². The standard InChI is InChI=1S/C19H23ClN2O3S/c1-13(2)18(15-8-5-4-6-9-15)21-19(23)14(3)22-26(24,25)17-11-7-10-16(20)12-17/h4-14,18,22H,1-3H3,(H,21,23)/t14-,18+/m1/s1. The van der Waals surface area contributed by atoms with Crippen molar-refractivity contribution in [1.82, 2.24) is 10.0 Å². The molecule has 2 N–H and O–H groups in total. The zero-order chi connectivity index (χ0) is 19.3. The van der Waals surface area contributed by atoms with Gasteiger partial charge < -0.3 is 5.32 Å². The molecule has 1 amide bonds. The number of carbonyl (C=O) groups excluding carboxylic acids is 1. The van der Waals surface area contributed by atoms with E-state index < -0.39 is 22.0 Å². The predicted octanol–water partition coefficient (Wildman–Crippen LogP) is 3.52. The van der Waals surface area contributed by atoms with Crippen LogP contribution in [0.15, 0.2) is 59.5 Å². The van der Waals surface area contributed by atoms with E-state index in [4.69, 9.17) is 11.6 Å². The number of carbonyl (C=O) groups is 1. The zero-order valence-electron chi connectivity index (χ0n) is 14.9. The Hall–Kier alpha value is -1.89. The van der Waals surface area contributed by atoms with E-state index in [0.29, 0.717) is 5.02 Å². The number of hydrogen-bond donors (Lipinski definition) is 2. The van der Waals surface area contributed by atoms with Crippen LogP contribution >= 0.6 is 11.6 Å². The van der Waals surface area contributed by atoms with E-state index in [0.717, 1.165) is 5.56 Å². The smallest absolute Gasteiger partial charge is 0.241 e. The Labute approximate surface area is 159 Å². The molecule has 0 aliphatic heterocycles. The molecule has 7 heteroatoms. The van der Waals surface area contributed by atoms with Crippen LogP contribution in [0.4, 0.5) is 0 Å². The summed E-state index contributed by atoms with van der Waals surface area (Å²) >= 11 is 5.85. The molecule has 0 saturated carbocycles. The summed E-state index contributed by atoms with van der Waals surface area (Å²) in [6, 6.07) is 14.4. The van der Waals surface area contributed by atoms with Crippen molar-refractivity contribution in [1.29, 1.82) is 0 Å². The number of benzene rings is 2. The lowest BCUT2D eigenvalue weighted by molar-refractivity contribution is -0.123. The second kappa shape index (κ2) is 8.66. The first-order chi connectivity index (χ1) is 12.2. The summed E-state index contributed by atoms with van der Waals surface area (Å²) in [5.74, 6) is -0.240. The average molecular weight is 395 g/mol. The van der Waals surface area contributed by atoms with E-state index >= 15 is 0 Å². The number of rotatable bonds is 7. The lowest BCUT2D eigenvalue weighted by Gasteiger charge is -2.25. The molecule has 2 rings (SSSR count). The van der Waals surface area contributed by atoms with Crippen molar-refractivity contribution in [2.45, 2.75) is 37.8 Å². The molecule has 5 nitrogen and oxygen atoms in total. The van der Waals surface area contributed by atoms with Gasteiger partial charge in [-0.15, -0.1) is 0 Å². The first-order valence-corrected chi connectivity index (χ1v) is 10.2. The van der Waals surface area contributed by atoms with Crippen molar-refractivity contribution < 1.29 is 13.2 Å². The summed E-state index contributed by atoms with van der Waals surface area (Å²) in [5, 5.41) is 3.24. The molecule has 0 unspecified atom stereocenters. The highest BCUT2D eigenvalue weighted by Gasteiger charge is 2.25. The molecule has 0 aliphatic carbocycles. The van der Waals surface area contributed by atoms with Gasteiger partial charge in [0.05, 0.1) is 17.0 Å². The lowest BCUT2D eigenvalue weighted by Crippen LogP contribution is -2.46. The quantitative estimate of drug-likeness (QED) is 0.754. The molecule has 0 heterocycles. The van der Waals surface area contributed by atoms with Crippen LogP contribution in [0.3, 0.4) is 0 Å². The second-order valence-electron chi connectivity index (χ2n) is 6.44. The molecular formula is C19H23ClN2O3S. The SMILES string of the molecule is CC(C)[C@H](NC(=O)[C@@H](C)NS(=O)(=O)c1cccc(Cl)c1)c1ccccc1. The Kier molecular flexibility index (Phi) is 6.81. The van der Waals surface area contributed by atoms with Crippen LogP contribution in [-0.4, -0.2) is 20.4 Å². The molecule has 140 valence electrons. The molecular weight excluding hydrogens is 372 g/mol. The lowest BCUT2D eigenvalue weighted by atomic mass is 9.96. The molecule has 26 heavy (non-hydrogen) atoms. The molecule has 0 fully saturated rings. The maximum atomic E-state index is 12.5. The van der Waals surface area contributed by atoms with Crippen LogP contribution in [0, 0.1) is 5.92 Å². The average Bonchev–Trinajstić information content (AvgIpc) is 2.59. The molecule has 0 aliphatic rings. The van der Waals surface area contributed by atoms with Gasteiger partial charge >= 0.3 is 0 Å². The monoisotopic (exact) mass is 394 g/mol. The molecule has 2 aromatic rings. The number of sulfonamides is 1. The van der Waals surface area contributed by atoms with E-state index in [2.05, 4.69) is 10.0 Å². The number of amides is 1. The van der Waals surface area contributed by atoms with Gasteiger partial charge in [0, 0.05) is 5.02 Å². The highest BCUT2D eigenvalue weighted by Crippen LogP contribution is 2.21. The van der Waals surface area contributed by atoms with Crippen LogP contribution in [0.2, 0.25) is 5.02 Å². The van der Waals surface area contributed by atoms with Gasteiger partial charge in [-0.25, -0.2) is 8.42 Å². The van der Waals surface area contributed by atoms with Gasteiger partial charge in [0.2, 0.25) is 15.9 Å². The maximum absolute atomic E-state index is 12.5. The molecule has 0 bridgehead atoms. The van der Waals surface area contributed by atoms with Gasteiger partial charge in [-0.1, -0.05) is 61.8 Å². The summed E-state index contributed by atoms with van der Waals surface area (Å²) in [7, 11) is -3.84. The Bertz CT molecular complexity index is 854. The van der Waals surface area contributed by atoms with E-state index in [1.54, 1.807) is 12.1 Å². The number of nitrogens with one attached hydrogen (secondary N) is 2. The highest BCUT2D eigenvalue weighted by molar-refractivity contribution is 7.89. The van der Waals surface area contributed by atoms with Gasteiger partial charge in [0.25, 0.3) is 0 Å². The third-order valence-corrected chi connectivity index (χ3v) is 5.73. The van der Waals surface area contributed by atoms with Gasteiger partial charge in [0.1, 0.15) is 0 Å². The van der Waals surface area contributed by atoms with Crippen LogP contribution < -0.4 is 10.0 Å². The van der Waals surface area contributed by atoms with E-state index in [9.17, 15) is 13.2 Å². The Morgan fingerprint density at radius 1 is 1.00 bits per heavy atom. The Balaban J connectivity index is 2.11. The van der Waals surface area contributed by atoms with Gasteiger partial charge in [-0.3, -0.25) is 4.79 Å². The van der Waals surface area contributed by atoms with Crippen molar-refractivity contribution in [3.8, 4) is 0 Å². The van der Waals surface area contributed by atoms with E-state index in [1.807, 2.05) is 44.2 Å². The van der Waals surface area contributed by atoms with Crippen LogP contribution in [0.25, 0.3) is 0 Å². The zero-order valence-corrected chi connectivity index (χ0v) is 16.5. The second-order valence-corrected chi connectivity index (χ2v) is 8.59. The summed E-state index contributed by atoms with van der Waals surface area (Å²) in [6.45, 7) is 5.51. The van der Waals surface area contributed by atoms with Gasteiger partial charge in [-0.05, 0) is 36.6 Å². The molecule has 2 aromatic carbocycles. The number of halogens is 1. The Morgan fingerprint density at radius 2 is 1.65 bits per heavy atom. The van der Waals surface area contributed by atoms with E-state index in [-0.39, 0.29) is 16.9 Å². The summed E-state index contributed by atoms with van der Waals surface area (Å²) in [6.07, 6.45) is 0. The van der Waals surface area contributed by atoms with Crippen LogP contribution in [0.5, 0.6) is 0 Å². The largest absolute Gasteiger partial charge is 0.348 e.